The number of hydrogen-bond donors (Lipinski definition) is 2. The third-order valence-corrected chi connectivity index (χ3v) is 4.30. The molecule has 0 radical (unpaired) electrons. The first kappa shape index (κ1) is 13.3. The van der Waals surface area contributed by atoms with E-state index in [9.17, 15) is 5.11 Å². The van der Waals surface area contributed by atoms with Crippen molar-refractivity contribution in [2.24, 2.45) is 0 Å². The van der Waals surface area contributed by atoms with Crippen LogP contribution >= 0.6 is 11.6 Å². The Bertz CT molecular complexity index is 619. The number of para-hydroxylation sites is 1. The monoisotopic (exact) mass is 287 g/mol. The van der Waals surface area contributed by atoms with Gasteiger partial charge in [0.2, 0.25) is 0 Å². The zero-order valence-electron chi connectivity index (χ0n) is 11.5. The van der Waals surface area contributed by atoms with Gasteiger partial charge in [-0.3, -0.25) is 0 Å². The maximum absolute atomic E-state index is 9.73. The van der Waals surface area contributed by atoms with Crippen molar-refractivity contribution < 1.29 is 5.11 Å². The minimum absolute atomic E-state index is 0.212. The van der Waals surface area contributed by atoms with E-state index in [1.54, 1.807) is 6.07 Å². The van der Waals surface area contributed by atoms with Gasteiger partial charge in [-0.25, -0.2) is 0 Å². The van der Waals surface area contributed by atoms with E-state index in [0.717, 1.165) is 35.5 Å². The molecular weight excluding hydrogens is 270 g/mol. The molecule has 0 fully saturated rings. The van der Waals surface area contributed by atoms with Crippen molar-refractivity contribution in [2.45, 2.75) is 32.2 Å². The molecule has 0 bridgehead atoms. The van der Waals surface area contributed by atoms with Crippen molar-refractivity contribution in [3.63, 3.8) is 0 Å². The van der Waals surface area contributed by atoms with Gasteiger partial charge in [-0.1, -0.05) is 29.8 Å². The normalized spacial score (nSPS) is 17.6. The number of phenols is 1. The summed E-state index contributed by atoms with van der Waals surface area (Å²) in [6, 6.07) is 11.8. The summed E-state index contributed by atoms with van der Waals surface area (Å²) in [5, 5.41) is 14.0. The van der Waals surface area contributed by atoms with Crippen molar-refractivity contribution in [1.29, 1.82) is 0 Å². The number of phenolic OH excluding ortho intramolecular Hbond substituents is 1. The number of hydrogen-bond acceptors (Lipinski definition) is 2. The van der Waals surface area contributed by atoms with Gasteiger partial charge in [-0.05, 0) is 61.1 Å². The first-order valence-electron chi connectivity index (χ1n) is 6.98. The van der Waals surface area contributed by atoms with Crippen LogP contribution in [0.25, 0.3) is 0 Å². The van der Waals surface area contributed by atoms with Gasteiger partial charge in [0.25, 0.3) is 0 Å². The second-order valence-electron chi connectivity index (χ2n) is 5.40. The van der Waals surface area contributed by atoms with Crippen molar-refractivity contribution in [3.05, 3.63) is 58.1 Å². The number of halogens is 1. The third-order valence-electron chi connectivity index (χ3n) is 3.98. The van der Waals surface area contributed by atoms with Crippen LogP contribution in [0.15, 0.2) is 36.4 Å². The molecular formula is C17H18ClNO. The lowest BCUT2D eigenvalue weighted by molar-refractivity contribution is 0.471. The zero-order valence-corrected chi connectivity index (χ0v) is 12.2. The third kappa shape index (κ3) is 2.48. The molecule has 0 amide bonds. The fourth-order valence-corrected chi connectivity index (χ4v) is 3.20. The Balaban J connectivity index is 1.95. The molecule has 20 heavy (non-hydrogen) atoms. The Morgan fingerprint density at radius 3 is 2.90 bits per heavy atom. The van der Waals surface area contributed by atoms with Crippen LogP contribution in [0.3, 0.4) is 0 Å². The van der Waals surface area contributed by atoms with Crippen LogP contribution in [0.4, 0.5) is 5.69 Å². The molecule has 0 spiro atoms. The fourth-order valence-electron chi connectivity index (χ4n) is 2.93. The van der Waals surface area contributed by atoms with Gasteiger partial charge in [0.05, 0.1) is 16.8 Å². The number of aryl methyl sites for hydroxylation is 2. The minimum Gasteiger partial charge on any atom is -0.508 e. The summed E-state index contributed by atoms with van der Waals surface area (Å²) in [7, 11) is 0. The highest BCUT2D eigenvalue weighted by Crippen LogP contribution is 2.37. The van der Waals surface area contributed by atoms with E-state index in [-0.39, 0.29) is 6.04 Å². The Morgan fingerprint density at radius 2 is 2.10 bits per heavy atom. The fraction of sp³-hybridized carbons (Fsp3) is 0.294. The van der Waals surface area contributed by atoms with Crippen molar-refractivity contribution in [1.82, 2.24) is 0 Å². The van der Waals surface area contributed by atoms with Gasteiger partial charge in [-0.15, -0.1) is 0 Å². The second kappa shape index (κ2) is 5.37. The molecule has 104 valence electrons. The summed E-state index contributed by atoms with van der Waals surface area (Å²) in [6.45, 7) is 2.06. The largest absolute Gasteiger partial charge is 0.508 e. The van der Waals surface area contributed by atoms with Crippen molar-refractivity contribution >= 4 is 17.3 Å². The van der Waals surface area contributed by atoms with Gasteiger partial charge in [0.15, 0.2) is 0 Å². The molecule has 3 heteroatoms. The highest BCUT2D eigenvalue weighted by atomic mass is 35.5. The molecule has 0 saturated heterocycles. The van der Waals surface area contributed by atoms with Crippen LogP contribution in [-0.2, 0) is 6.42 Å². The Labute approximate surface area is 124 Å². The number of benzene rings is 2. The smallest absolute Gasteiger partial charge is 0.115 e. The van der Waals surface area contributed by atoms with Gasteiger partial charge in [-0.2, -0.15) is 0 Å². The van der Waals surface area contributed by atoms with Crippen LogP contribution in [-0.4, -0.2) is 5.11 Å². The summed E-state index contributed by atoms with van der Waals surface area (Å²) < 4.78 is 0. The van der Waals surface area contributed by atoms with Crippen LogP contribution in [0.2, 0.25) is 5.02 Å². The molecule has 3 rings (SSSR count). The predicted molar refractivity (Wildman–Crippen MR) is 83.6 cm³/mol. The van der Waals surface area contributed by atoms with Gasteiger partial charge in [0, 0.05) is 0 Å². The predicted octanol–water partition coefficient (Wildman–Crippen LogP) is 4.84. The standard InChI is InChI=1S/C17H18ClNO/c1-11-4-2-6-15(18)17(11)19-16-7-3-5-12-8-9-13(20)10-14(12)16/h2,4,6,8-10,16,19-20H,3,5,7H2,1H3. The van der Waals surface area contributed by atoms with Crippen LogP contribution in [0, 0.1) is 6.92 Å². The zero-order chi connectivity index (χ0) is 14.1. The maximum atomic E-state index is 9.73. The number of anilines is 1. The van der Waals surface area contributed by atoms with E-state index in [1.807, 2.05) is 24.3 Å². The lowest BCUT2D eigenvalue weighted by atomic mass is 9.87. The summed E-state index contributed by atoms with van der Waals surface area (Å²) in [5.74, 6) is 0.327. The lowest BCUT2D eigenvalue weighted by Crippen LogP contribution is -2.18. The lowest BCUT2D eigenvalue weighted by Gasteiger charge is -2.28. The highest BCUT2D eigenvalue weighted by molar-refractivity contribution is 6.33. The van der Waals surface area contributed by atoms with E-state index in [4.69, 9.17) is 11.6 Å². The molecule has 2 N–H and O–H groups in total. The van der Waals surface area contributed by atoms with E-state index in [0.29, 0.717) is 5.75 Å². The molecule has 1 aliphatic rings. The van der Waals surface area contributed by atoms with Gasteiger partial charge in [0.1, 0.15) is 5.75 Å². The topological polar surface area (TPSA) is 32.3 Å². The highest BCUT2D eigenvalue weighted by Gasteiger charge is 2.21. The van der Waals surface area contributed by atoms with Gasteiger partial charge >= 0.3 is 0 Å². The second-order valence-corrected chi connectivity index (χ2v) is 5.81. The SMILES string of the molecule is Cc1cccc(Cl)c1NC1CCCc2ccc(O)cc21. The van der Waals surface area contributed by atoms with Crippen molar-refractivity contribution in [2.75, 3.05) is 5.32 Å². The van der Waals surface area contributed by atoms with Gasteiger partial charge < -0.3 is 10.4 Å². The average molecular weight is 288 g/mol. The molecule has 2 aromatic carbocycles. The molecule has 0 aliphatic heterocycles. The summed E-state index contributed by atoms with van der Waals surface area (Å²) in [4.78, 5) is 0. The van der Waals surface area contributed by atoms with Crippen LogP contribution in [0.1, 0.15) is 35.6 Å². The summed E-state index contributed by atoms with van der Waals surface area (Å²) in [6.07, 6.45) is 3.29. The Kier molecular flexibility index (Phi) is 3.58. The van der Waals surface area contributed by atoms with E-state index < -0.39 is 0 Å². The number of rotatable bonds is 2. The molecule has 2 nitrogen and oxygen atoms in total. The Hall–Kier alpha value is -1.67. The number of nitrogens with one attached hydrogen (secondary N) is 1. The Morgan fingerprint density at radius 1 is 1.25 bits per heavy atom. The average Bonchev–Trinajstić information content (AvgIpc) is 2.43. The molecule has 0 saturated carbocycles. The first-order chi connectivity index (χ1) is 9.65. The van der Waals surface area contributed by atoms with Crippen LogP contribution < -0.4 is 5.32 Å². The molecule has 1 unspecified atom stereocenters. The molecule has 2 aromatic rings. The molecule has 1 aliphatic carbocycles. The molecule has 1 atom stereocenters. The molecule has 0 heterocycles. The first-order valence-corrected chi connectivity index (χ1v) is 7.36. The summed E-state index contributed by atoms with van der Waals surface area (Å²) in [5.41, 5.74) is 4.65. The maximum Gasteiger partial charge on any atom is 0.115 e. The quantitative estimate of drug-likeness (QED) is 0.828. The van der Waals surface area contributed by atoms with E-state index in [1.165, 1.54) is 11.1 Å². The molecule has 0 aromatic heterocycles. The van der Waals surface area contributed by atoms with E-state index >= 15 is 0 Å². The van der Waals surface area contributed by atoms with Crippen LogP contribution in [0.5, 0.6) is 5.75 Å². The number of fused-ring (bicyclic) bond motifs is 1. The summed E-state index contributed by atoms with van der Waals surface area (Å²) >= 11 is 6.30. The number of aromatic hydroxyl groups is 1. The minimum atomic E-state index is 0.212. The van der Waals surface area contributed by atoms with Crippen molar-refractivity contribution in [3.8, 4) is 5.75 Å². The van der Waals surface area contributed by atoms with E-state index in [2.05, 4.69) is 18.3 Å².